The quantitative estimate of drug-likeness (QED) is 0.804. The van der Waals surface area contributed by atoms with Crippen molar-refractivity contribution >= 4 is 11.3 Å². The average Bonchev–Trinajstić information content (AvgIpc) is 2.47. The van der Waals surface area contributed by atoms with Crippen LogP contribution >= 0.6 is 11.3 Å². The van der Waals surface area contributed by atoms with Crippen LogP contribution in [-0.4, -0.2) is 5.11 Å². The van der Waals surface area contributed by atoms with Crippen molar-refractivity contribution in [2.24, 2.45) is 5.92 Å². The first kappa shape index (κ1) is 11.7. The maximum absolute atomic E-state index is 10.2. The lowest BCUT2D eigenvalue weighted by Gasteiger charge is -2.19. The van der Waals surface area contributed by atoms with Crippen molar-refractivity contribution in [3.63, 3.8) is 0 Å². The molecule has 1 heterocycles. The van der Waals surface area contributed by atoms with Crippen molar-refractivity contribution in [3.8, 4) is 0 Å². The normalized spacial score (nSPS) is 13.6. The van der Waals surface area contributed by atoms with E-state index >= 15 is 0 Å². The van der Waals surface area contributed by atoms with Gasteiger partial charge < -0.3 is 5.11 Å². The van der Waals surface area contributed by atoms with Gasteiger partial charge in [-0.15, -0.1) is 11.3 Å². The Morgan fingerprint density at radius 1 is 1.29 bits per heavy atom. The van der Waals surface area contributed by atoms with Crippen LogP contribution in [0.25, 0.3) is 0 Å². The third kappa shape index (κ3) is 2.37. The Morgan fingerprint density at radius 3 is 2.21 bits per heavy atom. The molecule has 0 saturated heterocycles. The van der Waals surface area contributed by atoms with Crippen molar-refractivity contribution < 1.29 is 5.11 Å². The highest BCUT2D eigenvalue weighted by molar-refractivity contribution is 7.12. The SMILES string of the molecule is CCC(CC)C(O)c1sc(C)cc1C. The van der Waals surface area contributed by atoms with Gasteiger partial charge in [0.2, 0.25) is 0 Å². The first-order valence-corrected chi connectivity index (χ1v) is 6.16. The smallest absolute Gasteiger partial charge is 0.0912 e. The van der Waals surface area contributed by atoms with Gasteiger partial charge in [0.25, 0.3) is 0 Å². The number of rotatable bonds is 4. The van der Waals surface area contributed by atoms with Crippen LogP contribution < -0.4 is 0 Å². The van der Waals surface area contributed by atoms with Crippen LogP contribution in [0.3, 0.4) is 0 Å². The third-order valence-electron chi connectivity index (χ3n) is 2.84. The molecule has 1 nitrogen and oxygen atoms in total. The van der Waals surface area contributed by atoms with E-state index in [2.05, 4.69) is 33.8 Å². The van der Waals surface area contributed by atoms with Gasteiger partial charge in [-0.3, -0.25) is 0 Å². The van der Waals surface area contributed by atoms with Crippen LogP contribution in [0.1, 0.15) is 48.1 Å². The minimum Gasteiger partial charge on any atom is -0.387 e. The van der Waals surface area contributed by atoms with E-state index in [-0.39, 0.29) is 6.10 Å². The highest BCUT2D eigenvalue weighted by Crippen LogP contribution is 2.34. The van der Waals surface area contributed by atoms with E-state index in [4.69, 9.17) is 0 Å². The summed E-state index contributed by atoms with van der Waals surface area (Å²) in [5.74, 6) is 0.409. The predicted molar refractivity (Wildman–Crippen MR) is 62.8 cm³/mol. The fraction of sp³-hybridized carbons (Fsp3) is 0.667. The molecule has 1 atom stereocenters. The number of aryl methyl sites for hydroxylation is 2. The van der Waals surface area contributed by atoms with Gasteiger partial charge in [-0.05, 0) is 31.4 Å². The van der Waals surface area contributed by atoms with E-state index in [0.717, 1.165) is 17.7 Å². The van der Waals surface area contributed by atoms with E-state index in [9.17, 15) is 5.11 Å². The summed E-state index contributed by atoms with van der Waals surface area (Å²) in [4.78, 5) is 2.46. The summed E-state index contributed by atoms with van der Waals surface area (Å²) in [5, 5.41) is 10.2. The number of aliphatic hydroxyl groups excluding tert-OH is 1. The van der Waals surface area contributed by atoms with Gasteiger partial charge in [-0.25, -0.2) is 0 Å². The van der Waals surface area contributed by atoms with Crippen LogP contribution in [0.4, 0.5) is 0 Å². The maximum Gasteiger partial charge on any atom is 0.0912 e. The van der Waals surface area contributed by atoms with Gasteiger partial charge in [-0.2, -0.15) is 0 Å². The highest BCUT2D eigenvalue weighted by Gasteiger charge is 2.20. The predicted octanol–water partition coefficient (Wildman–Crippen LogP) is 3.83. The molecule has 0 fully saturated rings. The lowest BCUT2D eigenvalue weighted by molar-refractivity contribution is 0.106. The van der Waals surface area contributed by atoms with E-state index in [1.807, 2.05) is 0 Å². The molecule has 0 spiro atoms. The molecule has 0 amide bonds. The van der Waals surface area contributed by atoms with Crippen LogP contribution in [0.15, 0.2) is 6.07 Å². The molecule has 2 heteroatoms. The monoisotopic (exact) mass is 212 g/mol. The van der Waals surface area contributed by atoms with Gasteiger partial charge in [0.05, 0.1) is 6.10 Å². The average molecular weight is 212 g/mol. The third-order valence-corrected chi connectivity index (χ3v) is 4.07. The number of aliphatic hydroxyl groups is 1. The molecule has 0 saturated carbocycles. The van der Waals surface area contributed by atoms with Gasteiger partial charge in [0.15, 0.2) is 0 Å². The fourth-order valence-electron chi connectivity index (χ4n) is 1.90. The Balaban J connectivity index is 2.87. The number of hydrogen-bond acceptors (Lipinski definition) is 2. The molecule has 0 aliphatic carbocycles. The second-order valence-corrected chi connectivity index (χ2v) is 5.21. The molecule has 1 N–H and O–H groups in total. The molecule has 1 aromatic rings. The highest BCUT2D eigenvalue weighted by atomic mass is 32.1. The molecule has 0 bridgehead atoms. The van der Waals surface area contributed by atoms with Gasteiger partial charge in [-0.1, -0.05) is 26.7 Å². The Bertz CT molecular complexity index is 287. The molecule has 1 rings (SSSR count). The summed E-state index contributed by atoms with van der Waals surface area (Å²) in [5.41, 5.74) is 1.24. The van der Waals surface area contributed by atoms with Crippen LogP contribution in [-0.2, 0) is 0 Å². The Kier molecular flexibility index (Phi) is 4.14. The lowest BCUT2D eigenvalue weighted by Crippen LogP contribution is -2.10. The van der Waals surface area contributed by atoms with E-state index < -0.39 is 0 Å². The summed E-state index contributed by atoms with van der Waals surface area (Å²) in [6.07, 6.45) is 1.84. The molecule has 0 aliphatic rings. The molecular formula is C12H20OS. The molecule has 0 aromatic carbocycles. The molecule has 1 unspecified atom stereocenters. The summed E-state index contributed by atoms with van der Waals surface area (Å²) in [7, 11) is 0. The van der Waals surface area contributed by atoms with E-state index in [0.29, 0.717) is 5.92 Å². The van der Waals surface area contributed by atoms with E-state index in [1.54, 1.807) is 11.3 Å². The topological polar surface area (TPSA) is 20.2 Å². The first-order chi connectivity index (χ1) is 6.60. The standard InChI is InChI=1S/C12H20OS/c1-5-10(6-2)11(13)12-8(3)7-9(4)14-12/h7,10-11,13H,5-6H2,1-4H3. The minimum absolute atomic E-state index is 0.260. The second kappa shape index (κ2) is 4.94. The van der Waals surface area contributed by atoms with Gasteiger partial charge >= 0.3 is 0 Å². The molecule has 1 aromatic heterocycles. The summed E-state index contributed by atoms with van der Waals surface area (Å²) in [6, 6.07) is 2.16. The molecule has 80 valence electrons. The molecular weight excluding hydrogens is 192 g/mol. The van der Waals surface area contributed by atoms with Crippen molar-refractivity contribution in [1.29, 1.82) is 0 Å². The summed E-state index contributed by atoms with van der Waals surface area (Å²) >= 11 is 1.73. The Morgan fingerprint density at radius 2 is 1.86 bits per heavy atom. The van der Waals surface area contributed by atoms with Crippen molar-refractivity contribution in [1.82, 2.24) is 0 Å². The van der Waals surface area contributed by atoms with Gasteiger partial charge in [0.1, 0.15) is 0 Å². The summed E-state index contributed by atoms with van der Waals surface area (Å²) < 4.78 is 0. The molecule has 0 aliphatic heterocycles. The zero-order chi connectivity index (χ0) is 10.7. The van der Waals surface area contributed by atoms with Crippen LogP contribution in [0, 0.1) is 19.8 Å². The maximum atomic E-state index is 10.2. The fourth-order valence-corrected chi connectivity index (χ4v) is 3.02. The Labute approximate surface area is 90.8 Å². The lowest BCUT2D eigenvalue weighted by atomic mass is 9.94. The zero-order valence-electron chi connectivity index (χ0n) is 9.50. The van der Waals surface area contributed by atoms with Crippen molar-refractivity contribution in [2.45, 2.75) is 46.6 Å². The van der Waals surface area contributed by atoms with Crippen LogP contribution in [0.2, 0.25) is 0 Å². The van der Waals surface area contributed by atoms with Crippen LogP contribution in [0.5, 0.6) is 0 Å². The van der Waals surface area contributed by atoms with E-state index in [1.165, 1.54) is 10.4 Å². The van der Waals surface area contributed by atoms with Crippen molar-refractivity contribution in [3.05, 3.63) is 21.4 Å². The molecule has 14 heavy (non-hydrogen) atoms. The number of hydrogen-bond donors (Lipinski definition) is 1. The second-order valence-electron chi connectivity index (χ2n) is 3.93. The zero-order valence-corrected chi connectivity index (χ0v) is 10.3. The van der Waals surface area contributed by atoms with Crippen molar-refractivity contribution in [2.75, 3.05) is 0 Å². The first-order valence-electron chi connectivity index (χ1n) is 5.35. The Hall–Kier alpha value is -0.340. The minimum atomic E-state index is -0.260. The van der Waals surface area contributed by atoms with Gasteiger partial charge in [0, 0.05) is 9.75 Å². The number of thiophene rings is 1. The summed E-state index contributed by atoms with van der Waals surface area (Å²) in [6.45, 7) is 8.48. The molecule has 0 radical (unpaired) electrons. The largest absolute Gasteiger partial charge is 0.387 e.